The molecule has 0 atom stereocenters. The van der Waals surface area contributed by atoms with Gasteiger partial charge in [0.25, 0.3) is 5.91 Å². The predicted molar refractivity (Wildman–Crippen MR) is 153 cm³/mol. The minimum Gasteiger partial charge on any atom is -0.490 e. The fourth-order valence-electron chi connectivity index (χ4n) is 4.19. The summed E-state index contributed by atoms with van der Waals surface area (Å²) in [6, 6.07) is 31.6. The summed E-state index contributed by atoms with van der Waals surface area (Å²) in [4.78, 5) is 12.6. The van der Waals surface area contributed by atoms with Crippen molar-refractivity contribution in [3.63, 3.8) is 0 Å². The first-order valence-corrected chi connectivity index (χ1v) is 12.8. The highest BCUT2D eigenvalue weighted by Crippen LogP contribution is 2.37. The SMILES string of the molecule is CCOc1cc(/C=N/NC(=O)c2ccc3ccccc3c2)cc(Br)c1OCc1cccc2ccccc12. The fourth-order valence-corrected chi connectivity index (χ4v) is 4.77. The van der Waals surface area contributed by atoms with Crippen LogP contribution < -0.4 is 14.9 Å². The summed E-state index contributed by atoms with van der Waals surface area (Å²) in [5.74, 6) is 0.938. The van der Waals surface area contributed by atoms with Crippen LogP contribution >= 0.6 is 15.9 Å². The average Bonchev–Trinajstić information content (AvgIpc) is 2.92. The minimum atomic E-state index is -0.277. The van der Waals surface area contributed by atoms with Crippen molar-refractivity contribution in [1.82, 2.24) is 5.43 Å². The second-order valence-electron chi connectivity index (χ2n) is 8.45. The van der Waals surface area contributed by atoms with Gasteiger partial charge in [0, 0.05) is 5.56 Å². The first kappa shape index (κ1) is 24.5. The van der Waals surface area contributed by atoms with E-state index >= 15 is 0 Å². The van der Waals surface area contributed by atoms with E-state index in [9.17, 15) is 4.79 Å². The number of ether oxygens (including phenoxy) is 2. The molecule has 0 bridgehead atoms. The van der Waals surface area contributed by atoms with Gasteiger partial charge in [-0.25, -0.2) is 5.43 Å². The van der Waals surface area contributed by atoms with Crippen molar-refractivity contribution in [3.05, 3.63) is 118 Å². The molecule has 5 rings (SSSR count). The second kappa shape index (κ2) is 11.3. The number of hydrogen-bond donors (Lipinski definition) is 1. The van der Waals surface area contributed by atoms with E-state index in [-0.39, 0.29) is 5.91 Å². The van der Waals surface area contributed by atoms with Crippen LogP contribution in [0.5, 0.6) is 11.5 Å². The number of hydrogen-bond acceptors (Lipinski definition) is 4. The van der Waals surface area contributed by atoms with Crippen molar-refractivity contribution in [2.45, 2.75) is 13.5 Å². The molecule has 1 amide bonds. The van der Waals surface area contributed by atoms with Crippen LogP contribution in [0.15, 0.2) is 107 Å². The first-order chi connectivity index (χ1) is 18.1. The number of hydrazone groups is 1. The first-order valence-electron chi connectivity index (χ1n) is 12.0. The maximum Gasteiger partial charge on any atom is 0.271 e. The molecule has 0 unspecified atom stereocenters. The lowest BCUT2D eigenvalue weighted by atomic mass is 10.1. The predicted octanol–water partition coefficient (Wildman–Crippen LogP) is 7.50. The zero-order valence-electron chi connectivity index (χ0n) is 20.3. The van der Waals surface area contributed by atoms with Crippen molar-refractivity contribution in [3.8, 4) is 11.5 Å². The van der Waals surface area contributed by atoms with Gasteiger partial charge in [0.1, 0.15) is 6.61 Å². The summed E-state index contributed by atoms with van der Waals surface area (Å²) < 4.78 is 12.8. The van der Waals surface area contributed by atoms with Crippen LogP contribution in [0, 0.1) is 0 Å². The number of halogens is 1. The Morgan fingerprint density at radius 3 is 2.46 bits per heavy atom. The molecule has 0 saturated heterocycles. The molecule has 5 nitrogen and oxygen atoms in total. The van der Waals surface area contributed by atoms with Gasteiger partial charge in [-0.3, -0.25) is 4.79 Å². The molecule has 0 fully saturated rings. The van der Waals surface area contributed by atoms with Gasteiger partial charge in [0.2, 0.25) is 0 Å². The molecule has 184 valence electrons. The Balaban J connectivity index is 1.31. The topological polar surface area (TPSA) is 59.9 Å². The highest BCUT2D eigenvalue weighted by Gasteiger charge is 2.13. The van der Waals surface area contributed by atoms with E-state index in [1.807, 2.05) is 73.7 Å². The Morgan fingerprint density at radius 1 is 0.865 bits per heavy atom. The van der Waals surface area contributed by atoms with Crippen molar-refractivity contribution in [1.29, 1.82) is 0 Å². The molecule has 1 N–H and O–H groups in total. The van der Waals surface area contributed by atoms with Crippen LogP contribution in [0.3, 0.4) is 0 Å². The number of carbonyl (C=O) groups is 1. The van der Waals surface area contributed by atoms with Crippen LogP contribution in [0.25, 0.3) is 21.5 Å². The van der Waals surface area contributed by atoms with Crippen LogP contribution in [-0.4, -0.2) is 18.7 Å². The third kappa shape index (κ3) is 5.65. The van der Waals surface area contributed by atoms with Gasteiger partial charge in [0.15, 0.2) is 11.5 Å². The number of amides is 1. The number of nitrogens with one attached hydrogen (secondary N) is 1. The smallest absolute Gasteiger partial charge is 0.271 e. The maximum atomic E-state index is 12.6. The largest absolute Gasteiger partial charge is 0.490 e. The molecule has 0 radical (unpaired) electrons. The fraction of sp³-hybridized carbons (Fsp3) is 0.0968. The van der Waals surface area contributed by atoms with E-state index in [0.717, 1.165) is 31.8 Å². The Labute approximate surface area is 223 Å². The van der Waals surface area contributed by atoms with E-state index in [0.29, 0.717) is 30.3 Å². The monoisotopic (exact) mass is 552 g/mol. The standard InChI is InChI=1S/C31H25BrN2O3/c1-2-36-29-17-21(19-33-34-31(35)25-15-14-22-8-3-4-10-24(22)18-25)16-28(32)30(29)37-20-26-12-7-11-23-9-5-6-13-27(23)26/h3-19H,2,20H2,1H3,(H,34,35)/b33-19+. The second-order valence-corrected chi connectivity index (χ2v) is 9.31. The zero-order valence-corrected chi connectivity index (χ0v) is 21.9. The van der Waals surface area contributed by atoms with E-state index in [4.69, 9.17) is 9.47 Å². The van der Waals surface area contributed by atoms with Gasteiger partial charge in [-0.1, -0.05) is 72.8 Å². The Morgan fingerprint density at radius 2 is 1.62 bits per heavy atom. The van der Waals surface area contributed by atoms with Gasteiger partial charge in [-0.05, 0) is 79.8 Å². The molecule has 0 aromatic heterocycles. The average molecular weight is 553 g/mol. The van der Waals surface area contributed by atoms with Gasteiger partial charge in [-0.2, -0.15) is 5.10 Å². The molecule has 6 heteroatoms. The number of rotatable bonds is 8. The molecule has 0 spiro atoms. The molecule has 0 aliphatic heterocycles. The van der Waals surface area contributed by atoms with Crippen LogP contribution in [-0.2, 0) is 6.61 Å². The summed E-state index contributed by atoms with van der Waals surface area (Å²) in [5.41, 5.74) is 5.00. The van der Waals surface area contributed by atoms with E-state index in [1.165, 1.54) is 5.39 Å². The molecule has 5 aromatic carbocycles. The van der Waals surface area contributed by atoms with Gasteiger partial charge >= 0.3 is 0 Å². The number of fused-ring (bicyclic) bond motifs is 2. The van der Waals surface area contributed by atoms with Crippen LogP contribution in [0.2, 0.25) is 0 Å². The lowest BCUT2D eigenvalue weighted by molar-refractivity contribution is 0.0955. The third-order valence-electron chi connectivity index (χ3n) is 5.98. The van der Waals surface area contributed by atoms with Crippen molar-refractivity contribution < 1.29 is 14.3 Å². The van der Waals surface area contributed by atoms with Crippen molar-refractivity contribution in [2.24, 2.45) is 5.10 Å². The molecule has 5 aromatic rings. The Hall–Kier alpha value is -4.16. The summed E-state index contributed by atoms with van der Waals surface area (Å²) in [6.07, 6.45) is 1.58. The maximum absolute atomic E-state index is 12.6. The highest BCUT2D eigenvalue weighted by atomic mass is 79.9. The van der Waals surface area contributed by atoms with Crippen molar-refractivity contribution in [2.75, 3.05) is 6.61 Å². The quantitative estimate of drug-likeness (QED) is 0.160. The molecular formula is C31H25BrN2O3. The van der Waals surface area contributed by atoms with E-state index in [2.05, 4.69) is 50.7 Å². The minimum absolute atomic E-state index is 0.277. The Kier molecular flexibility index (Phi) is 7.47. The summed E-state index contributed by atoms with van der Waals surface area (Å²) in [7, 11) is 0. The van der Waals surface area contributed by atoms with Crippen molar-refractivity contribution >= 4 is 49.6 Å². The van der Waals surface area contributed by atoms with E-state index in [1.54, 1.807) is 12.3 Å². The van der Waals surface area contributed by atoms with Gasteiger partial charge < -0.3 is 9.47 Å². The van der Waals surface area contributed by atoms with Crippen LogP contribution in [0.4, 0.5) is 0 Å². The number of benzene rings is 5. The Bertz CT molecular complexity index is 1610. The number of nitrogens with zero attached hydrogens (tertiary/aromatic N) is 1. The van der Waals surface area contributed by atoms with E-state index < -0.39 is 0 Å². The molecule has 37 heavy (non-hydrogen) atoms. The summed E-state index contributed by atoms with van der Waals surface area (Å²) >= 11 is 3.62. The lowest BCUT2D eigenvalue weighted by Gasteiger charge is -2.15. The molecule has 0 saturated carbocycles. The third-order valence-corrected chi connectivity index (χ3v) is 6.56. The lowest BCUT2D eigenvalue weighted by Crippen LogP contribution is -2.17. The highest BCUT2D eigenvalue weighted by molar-refractivity contribution is 9.10. The molecule has 0 aliphatic carbocycles. The normalized spacial score (nSPS) is 11.2. The van der Waals surface area contributed by atoms with Gasteiger partial charge in [-0.15, -0.1) is 0 Å². The summed E-state index contributed by atoms with van der Waals surface area (Å²) in [6.45, 7) is 2.80. The molecule has 0 aliphatic rings. The zero-order chi connectivity index (χ0) is 25.6. The van der Waals surface area contributed by atoms with Gasteiger partial charge in [0.05, 0.1) is 17.3 Å². The van der Waals surface area contributed by atoms with Crippen LogP contribution in [0.1, 0.15) is 28.4 Å². The molecular weight excluding hydrogens is 528 g/mol. The number of carbonyl (C=O) groups excluding carboxylic acids is 1. The molecule has 0 heterocycles. The summed E-state index contributed by atoms with van der Waals surface area (Å²) in [5, 5.41) is 8.57.